The Hall–Kier alpha value is -4.24. The highest BCUT2D eigenvalue weighted by Crippen LogP contribution is 2.28. The second kappa shape index (κ2) is 9.55. The summed E-state index contributed by atoms with van der Waals surface area (Å²) in [5.74, 6) is 0.552. The number of carbonyl (C=O) groups is 1. The summed E-state index contributed by atoms with van der Waals surface area (Å²) in [6, 6.07) is 22.6. The van der Waals surface area contributed by atoms with E-state index in [0.29, 0.717) is 28.7 Å². The molecule has 9 heteroatoms. The Labute approximate surface area is 209 Å². The number of amides is 1. The van der Waals surface area contributed by atoms with Gasteiger partial charge in [0.15, 0.2) is 5.65 Å². The molecule has 0 aliphatic carbocycles. The minimum atomic E-state index is -0.357. The van der Waals surface area contributed by atoms with Crippen molar-refractivity contribution in [3.63, 3.8) is 0 Å². The van der Waals surface area contributed by atoms with Gasteiger partial charge >= 0.3 is 0 Å². The van der Waals surface area contributed by atoms with Crippen LogP contribution in [0.5, 0.6) is 5.75 Å². The van der Waals surface area contributed by atoms with Crippen LogP contribution in [0.25, 0.3) is 22.2 Å². The zero-order chi connectivity index (χ0) is 24.4. The van der Waals surface area contributed by atoms with Gasteiger partial charge in [0.05, 0.1) is 24.4 Å². The number of nitrogens with zero attached hydrogens (tertiary/aromatic N) is 4. The zero-order valence-electron chi connectivity index (χ0n) is 18.8. The molecule has 0 saturated carbocycles. The van der Waals surface area contributed by atoms with E-state index in [2.05, 4.69) is 26.3 Å². The number of carbonyl (C=O) groups excluding carboxylic acids is 1. The number of halogens is 1. The standard InChI is InChI=1S/C26H21BrN6O2/c1-35-19-11-9-16(10-12-19)14-29-26(34)22-23-25(32-21-8-3-2-7-20(21)31-23)33(24(22)28)30-15-17-5-4-6-18(27)13-17/h2-13,15H,14,28H2,1H3,(H,29,34)/b30-15+. The third-order valence-electron chi connectivity index (χ3n) is 5.48. The first-order valence-electron chi connectivity index (χ1n) is 10.8. The summed E-state index contributed by atoms with van der Waals surface area (Å²) >= 11 is 3.46. The number of benzene rings is 3. The number of hydrogen-bond donors (Lipinski definition) is 2. The van der Waals surface area contributed by atoms with E-state index in [1.54, 1.807) is 13.3 Å². The van der Waals surface area contributed by atoms with Crippen LogP contribution < -0.4 is 15.8 Å². The summed E-state index contributed by atoms with van der Waals surface area (Å²) in [4.78, 5) is 22.7. The van der Waals surface area contributed by atoms with Crippen molar-refractivity contribution in [2.24, 2.45) is 5.10 Å². The van der Waals surface area contributed by atoms with Crippen LogP contribution in [0.15, 0.2) is 82.4 Å². The second-order valence-corrected chi connectivity index (χ2v) is 8.70. The monoisotopic (exact) mass is 528 g/mol. The molecule has 8 nitrogen and oxygen atoms in total. The molecule has 2 aromatic heterocycles. The zero-order valence-corrected chi connectivity index (χ0v) is 20.4. The molecular formula is C26H21BrN6O2. The van der Waals surface area contributed by atoms with Crippen LogP contribution >= 0.6 is 15.9 Å². The summed E-state index contributed by atoms with van der Waals surface area (Å²) in [5.41, 5.74) is 10.6. The molecule has 3 N–H and O–H groups in total. The van der Waals surface area contributed by atoms with Gasteiger partial charge in [-0.3, -0.25) is 4.79 Å². The predicted molar refractivity (Wildman–Crippen MR) is 141 cm³/mol. The third-order valence-corrected chi connectivity index (χ3v) is 5.98. The van der Waals surface area contributed by atoms with Crippen molar-refractivity contribution in [1.82, 2.24) is 20.0 Å². The number of rotatable bonds is 6. The molecule has 2 heterocycles. The van der Waals surface area contributed by atoms with E-state index in [4.69, 9.17) is 20.4 Å². The quantitative estimate of drug-likeness (QED) is 0.309. The molecule has 3 aromatic carbocycles. The summed E-state index contributed by atoms with van der Waals surface area (Å²) in [6.07, 6.45) is 1.66. The highest BCUT2D eigenvalue weighted by atomic mass is 79.9. The first kappa shape index (κ1) is 22.5. The van der Waals surface area contributed by atoms with Crippen LogP contribution in [0.3, 0.4) is 0 Å². The average molecular weight is 529 g/mol. The number of ether oxygens (including phenoxy) is 1. The van der Waals surface area contributed by atoms with Crippen LogP contribution in [-0.2, 0) is 6.54 Å². The molecule has 0 aliphatic heterocycles. The second-order valence-electron chi connectivity index (χ2n) is 7.79. The Bertz CT molecular complexity index is 1580. The summed E-state index contributed by atoms with van der Waals surface area (Å²) in [7, 11) is 1.61. The largest absolute Gasteiger partial charge is 0.497 e. The van der Waals surface area contributed by atoms with Gasteiger partial charge in [-0.05, 0) is 47.5 Å². The van der Waals surface area contributed by atoms with Crippen LogP contribution in [-0.4, -0.2) is 33.9 Å². The molecule has 0 aliphatic rings. The minimum absolute atomic E-state index is 0.161. The molecule has 0 spiro atoms. The number of hydrogen-bond acceptors (Lipinski definition) is 6. The summed E-state index contributed by atoms with van der Waals surface area (Å²) in [5, 5.41) is 7.47. The summed E-state index contributed by atoms with van der Waals surface area (Å²) < 4.78 is 7.57. The van der Waals surface area contributed by atoms with Gasteiger partial charge < -0.3 is 15.8 Å². The highest BCUT2D eigenvalue weighted by molar-refractivity contribution is 9.10. The molecule has 0 atom stereocenters. The molecule has 5 aromatic rings. The van der Waals surface area contributed by atoms with Crippen molar-refractivity contribution < 1.29 is 9.53 Å². The Morgan fingerprint density at radius 1 is 1.09 bits per heavy atom. The fraction of sp³-hybridized carbons (Fsp3) is 0.0769. The highest BCUT2D eigenvalue weighted by Gasteiger charge is 2.24. The van der Waals surface area contributed by atoms with E-state index in [-0.39, 0.29) is 17.3 Å². The molecular weight excluding hydrogens is 508 g/mol. The Balaban J connectivity index is 1.55. The molecule has 35 heavy (non-hydrogen) atoms. The lowest BCUT2D eigenvalue weighted by Gasteiger charge is -2.06. The number of nitrogen functional groups attached to an aromatic ring is 1. The van der Waals surface area contributed by atoms with Crippen molar-refractivity contribution in [2.45, 2.75) is 6.54 Å². The molecule has 0 unspecified atom stereocenters. The number of nitrogens with one attached hydrogen (secondary N) is 1. The van der Waals surface area contributed by atoms with Gasteiger partial charge in [0.25, 0.3) is 5.91 Å². The fourth-order valence-electron chi connectivity index (χ4n) is 3.71. The number of fused-ring (bicyclic) bond motifs is 2. The fourth-order valence-corrected chi connectivity index (χ4v) is 4.13. The topological polar surface area (TPSA) is 107 Å². The van der Waals surface area contributed by atoms with Crippen LogP contribution in [0, 0.1) is 0 Å². The molecule has 0 fully saturated rings. The first-order valence-corrected chi connectivity index (χ1v) is 11.6. The molecule has 0 radical (unpaired) electrons. The lowest BCUT2D eigenvalue weighted by Crippen LogP contribution is -2.23. The van der Waals surface area contributed by atoms with Gasteiger partial charge in [0.2, 0.25) is 0 Å². The molecule has 1 amide bonds. The van der Waals surface area contributed by atoms with Crippen LogP contribution in [0.1, 0.15) is 21.5 Å². The van der Waals surface area contributed by atoms with E-state index in [1.807, 2.05) is 72.8 Å². The number of nitrogens with two attached hydrogens (primary N) is 1. The minimum Gasteiger partial charge on any atom is -0.497 e. The van der Waals surface area contributed by atoms with Crippen molar-refractivity contribution >= 4 is 56.1 Å². The smallest absolute Gasteiger partial charge is 0.257 e. The van der Waals surface area contributed by atoms with E-state index in [1.165, 1.54) is 4.68 Å². The van der Waals surface area contributed by atoms with Crippen molar-refractivity contribution in [2.75, 3.05) is 12.8 Å². The molecule has 174 valence electrons. The van der Waals surface area contributed by atoms with E-state index in [9.17, 15) is 4.79 Å². The van der Waals surface area contributed by atoms with E-state index >= 15 is 0 Å². The van der Waals surface area contributed by atoms with Gasteiger partial charge in [-0.1, -0.05) is 52.3 Å². The number of aromatic nitrogens is 3. The van der Waals surface area contributed by atoms with Gasteiger partial charge in [-0.15, -0.1) is 0 Å². The maximum Gasteiger partial charge on any atom is 0.257 e. The van der Waals surface area contributed by atoms with Gasteiger partial charge in [-0.25, -0.2) is 9.97 Å². The van der Waals surface area contributed by atoms with E-state index < -0.39 is 0 Å². The lowest BCUT2D eigenvalue weighted by atomic mass is 10.2. The number of anilines is 1. The number of methoxy groups -OCH3 is 1. The number of para-hydroxylation sites is 2. The normalized spacial score (nSPS) is 11.4. The Morgan fingerprint density at radius 2 is 1.83 bits per heavy atom. The third kappa shape index (κ3) is 4.58. The predicted octanol–water partition coefficient (Wildman–Crippen LogP) is 4.75. The maximum atomic E-state index is 13.3. The maximum absolute atomic E-state index is 13.3. The molecule has 0 bridgehead atoms. The van der Waals surface area contributed by atoms with Gasteiger partial charge in [0, 0.05) is 11.0 Å². The van der Waals surface area contributed by atoms with Crippen LogP contribution in [0.4, 0.5) is 5.82 Å². The Kier molecular flexibility index (Phi) is 6.15. The lowest BCUT2D eigenvalue weighted by molar-refractivity contribution is 0.0953. The van der Waals surface area contributed by atoms with Crippen molar-refractivity contribution in [3.05, 3.63) is 94.0 Å². The SMILES string of the molecule is COc1ccc(CNC(=O)c2c(N)n(/N=C/c3cccc(Br)c3)c3nc4ccccc4nc23)cc1. The molecule has 0 saturated heterocycles. The molecule has 5 rings (SSSR count). The first-order chi connectivity index (χ1) is 17.0. The van der Waals surface area contributed by atoms with Gasteiger partial charge in [-0.2, -0.15) is 9.78 Å². The average Bonchev–Trinajstić information content (AvgIpc) is 3.15. The van der Waals surface area contributed by atoms with Crippen molar-refractivity contribution in [1.29, 1.82) is 0 Å². The Morgan fingerprint density at radius 3 is 2.54 bits per heavy atom. The summed E-state index contributed by atoms with van der Waals surface area (Å²) in [6.45, 7) is 0.317. The van der Waals surface area contributed by atoms with Crippen LogP contribution in [0.2, 0.25) is 0 Å². The van der Waals surface area contributed by atoms with Crippen molar-refractivity contribution in [3.8, 4) is 5.75 Å². The van der Waals surface area contributed by atoms with E-state index in [0.717, 1.165) is 21.3 Å². The van der Waals surface area contributed by atoms with Gasteiger partial charge in [0.1, 0.15) is 22.6 Å².